The van der Waals surface area contributed by atoms with Gasteiger partial charge in [0.25, 0.3) is 0 Å². The van der Waals surface area contributed by atoms with Crippen LogP contribution in [0, 0.1) is 20.8 Å². The normalized spacial score (nSPS) is 10.4. The largest absolute Gasteiger partial charge is 0.456 e. The van der Waals surface area contributed by atoms with Crippen molar-refractivity contribution in [1.29, 1.82) is 0 Å². The van der Waals surface area contributed by atoms with Gasteiger partial charge in [-0.15, -0.1) is 0 Å². The van der Waals surface area contributed by atoms with Crippen molar-refractivity contribution >= 4 is 28.8 Å². The van der Waals surface area contributed by atoms with Crippen LogP contribution in [0.5, 0.6) is 11.5 Å². The Morgan fingerprint density at radius 3 is 2.40 bits per heavy atom. The summed E-state index contributed by atoms with van der Waals surface area (Å²) < 4.78 is 6.04. The molecule has 0 spiro atoms. The third kappa shape index (κ3) is 2.94. The van der Waals surface area contributed by atoms with Crippen molar-refractivity contribution < 1.29 is 4.74 Å². The van der Waals surface area contributed by atoms with Gasteiger partial charge in [0.1, 0.15) is 16.5 Å². The van der Waals surface area contributed by atoms with Gasteiger partial charge in [0.2, 0.25) is 0 Å². The van der Waals surface area contributed by atoms with Crippen LogP contribution in [0.25, 0.3) is 0 Å². The van der Waals surface area contributed by atoms with Crippen LogP contribution in [0.2, 0.25) is 5.02 Å². The van der Waals surface area contributed by atoms with Gasteiger partial charge in [0.15, 0.2) is 0 Å². The summed E-state index contributed by atoms with van der Waals surface area (Å²) in [6, 6.07) is 9.36. The summed E-state index contributed by atoms with van der Waals surface area (Å²) in [4.78, 5) is 0.291. The molecule has 0 radical (unpaired) electrons. The first-order valence-electron chi connectivity index (χ1n) is 6.24. The Morgan fingerprint density at radius 2 is 1.75 bits per heavy atom. The van der Waals surface area contributed by atoms with E-state index in [9.17, 15) is 0 Å². The number of halogens is 1. The average Bonchev–Trinajstić information content (AvgIpc) is 2.39. The maximum absolute atomic E-state index is 6.04. The Kier molecular flexibility index (Phi) is 4.31. The number of nitrogens with two attached hydrogens (primary N) is 1. The highest BCUT2D eigenvalue weighted by molar-refractivity contribution is 7.80. The molecule has 2 aromatic rings. The van der Waals surface area contributed by atoms with Gasteiger partial charge < -0.3 is 10.5 Å². The lowest BCUT2D eigenvalue weighted by Gasteiger charge is -2.16. The monoisotopic (exact) mass is 305 g/mol. The van der Waals surface area contributed by atoms with Crippen LogP contribution in [0.15, 0.2) is 30.3 Å². The van der Waals surface area contributed by atoms with Crippen molar-refractivity contribution in [2.45, 2.75) is 20.8 Å². The highest BCUT2D eigenvalue weighted by Gasteiger charge is 2.12. The molecule has 0 aliphatic carbocycles. The van der Waals surface area contributed by atoms with E-state index in [-0.39, 0.29) is 0 Å². The quantitative estimate of drug-likeness (QED) is 0.835. The van der Waals surface area contributed by atoms with Gasteiger partial charge >= 0.3 is 0 Å². The lowest BCUT2D eigenvalue weighted by atomic mass is 10.1. The summed E-state index contributed by atoms with van der Waals surface area (Å²) in [5.41, 5.74) is 9.74. The third-order valence-electron chi connectivity index (χ3n) is 3.29. The Hall–Kier alpha value is -1.58. The summed E-state index contributed by atoms with van der Waals surface area (Å²) in [5, 5.41) is 0.586. The second-order valence-corrected chi connectivity index (χ2v) is 5.64. The molecule has 104 valence electrons. The van der Waals surface area contributed by atoms with E-state index in [0.29, 0.717) is 21.3 Å². The summed E-state index contributed by atoms with van der Waals surface area (Å²) in [7, 11) is 0. The summed E-state index contributed by atoms with van der Waals surface area (Å²) in [6.45, 7) is 6.09. The average molecular weight is 306 g/mol. The number of thiocarbonyl (C=S) groups is 1. The minimum absolute atomic E-state index is 0.291. The van der Waals surface area contributed by atoms with Crippen molar-refractivity contribution in [1.82, 2.24) is 0 Å². The molecule has 0 amide bonds. The topological polar surface area (TPSA) is 35.2 Å². The molecule has 2 nitrogen and oxygen atoms in total. The van der Waals surface area contributed by atoms with Gasteiger partial charge in [0.05, 0.1) is 5.56 Å². The maximum Gasteiger partial charge on any atom is 0.139 e. The van der Waals surface area contributed by atoms with Gasteiger partial charge in [-0.05, 0) is 49.6 Å². The molecule has 20 heavy (non-hydrogen) atoms. The molecule has 0 aliphatic heterocycles. The lowest BCUT2D eigenvalue weighted by molar-refractivity contribution is 0.473. The number of benzene rings is 2. The van der Waals surface area contributed by atoms with Gasteiger partial charge in [-0.1, -0.05) is 36.0 Å². The summed E-state index contributed by atoms with van der Waals surface area (Å²) in [5.74, 6) is 1.41. The lowest BCUT2D eigenvalue weighted by Crippen LogP contribution is -2.11. The van der Waals surface area contributed by atoms with Crippen LogP contribution >= 0.6 is 23.8 Å². The molecule has 0 saturated carbocycles. The number of rotatable bonds is 3. The van der Waals surface area contributed by atoms with Crippen molar-refractivity contribution in [3.63, 3.8) is 0 Å². The second kappa shape index (κ2) is 5.81. The molecule has 0 unspecified atom stereocenters. The maximum atomic E-state index is 6.04. The zero-order chi connectivity index (χ0) is 14.9. The molecule has 0 atom stereocenters. The molecular formula is C16H16ClNOS. The van der Waals surface area contributed by atoms with Crippen molar-refractivity contribution in [2.75, 3.05) is 0 Å². The molecule has 2 N–H and O–H groups in total. The van der Waals surface area contributed by atoms with Crippen molar-refractivity contribution in [3.05, 3.63) is 57.6 Å². The Balaban J connectivity index is 2.53. The van der Waals surface area contributed by atoms with Crippen LogP contribution < -0.4 is 10.5 Å². The fraction of sp³-hybridized carbons (Fsp3) is 0.188. The molecule has 0 heterocycles. The first-order chi connectivity index (χ1) is 9.40. The molecule has 0 aromatic heterocycles. The van der Waals surface area contributed by atoms with Gasteiger partial charge in [0, 0.05) is 11.1 Å². The molecule has 2 aromatic carbocycles. The van der Waals surface area contributed by atoms with Crippen LogP contribution in [0.4, 0.5) is 0 Å². The number of hydrogen-bond acceptors (Lipinski definition) is 2. The van der Waals surface area contributed by atoms with E-state index in [0.717, 1.165) is 16.9 Å². The van der Waals surface area contributed by atoms with E-state index in [2.05, 4.69) is 6.07 Å². The predicted octanol–water partition coefficient (Wildman–Crippen LogP) is 4.69. The highest BCUT2D eigenvalue weighted by atomic mass is 35.5. The zero-order valence-corrected chi connectivity index (χ0v) is 13.2. The highest BCUT2D eigenvalue weighted by Crippen LogP contribution is 2.33. The Morgan fingerprint density at radius 1 is 1.10 bits per heavy atom. The predicted molar refractivity (Wildman–Crippen MR) is 88.1 cm³/mol. The molecule has 0 saturated heterocycles. The van der Waals surface area contributed by atoms with Crippen LogP contribution in [-0.4, -0.2) is 4.99 Å². The molecule has 0 aliphatic rings. The molecule has 0 fully saturated rings. The minimum atomic E-state index is 0.291. The smallest absolute Gasteiger partial charge is 0.139 e. The van der Waals surface area contributed by atoms with Crippen LogP contribution in [-0.2, 0) is 0 Å². The zero-order valence-electron chi connectivity index (χ0n) is 11.7. The summed E-state index contributed by atoms with van der Waals surface area (Å²) >= 11 is 11.1. The number of aryl methyl sites for hydroxylation is 2. The van der Waals surface area contributed by atoms with E-state index in [4.69, 9.17) is 34.3 Å². The fourth-order valence-corrected chi connectivity index (χ4v) is 2.31. The van der Waals surface area contributed by atoms with E-state index < -0.39 is 0 Å². The van der Waals surface area contributed by atoms with E-state index in [1.165, 1.54) is 5.56 Å². The fourth-order valence-electron chi connectivity index (χ4n) is 1.98. The van der Waals surface area contributed by atoms with Gasteiger partial charge in [-0.25, -0.2) is 0 Å². The van der Waals surface area contributed by atoms with E-state index in [1.54, 1.807) is 18.2 Å². The molecule has 2 rings (SSSR count). The van der Waals surface area contributed by atoms with E-state index >= 15 is 0 Å². The van der Waals surface area contributed by atoms with Crippen molar-refractivity contribution in [3.8, 4) is 11.5 Å². The molecule has 4 heteroatoms. The standard InChI is InChI=1S/C16H16ClNOS/c1-9-4-5-10(2)15(11(9)3)19-14-8-12(17)6-7-13(14)16(18)20/h4-8H,1-3H3,(H2,18,20). The molecule has 0 bridgehead atoms. The Labute approximate surface area is 129 Å². The summed E-state index contributed by atoms with van der Waals surface area (Å²) in [6.07, 6.45) is 0. The van der Waals surface area contributed by atoms with Crippen LogP contribution in [0.1, 0.15) is 22.3 Å². The Bertz CT molecular complexity index is 682. The van der Waals surface area contributed by atoms with Gasteiger partial charge in [-0.3, -0.25) is 0 Å². The van der Waals surface area contributed by atoms with E-state index in [1.807, 2.05) is 26.8 Å². The first-order valence-corrected chi connectivity index (χ1v) is 7.02. The van der Waals surface area contributed by atoms with Crippen molar-refractivity contribution in [2.24, 2.45) is 5.73 Å². The minimum Gasteiger partial charge on any atom is -0.456 e. The second-order valence-electron chi connectivity index (χ2n) is 4.76. The number of ether oxygens (including phenoxy) is 1. The molecular weight excluding hydrogens is 290 g/mol. The SMILES string of the molecule is Cc1ccc(C)c(Oc2cc(Cl)ccc2C(N)=S)c1C. The first kappa shape index (κ1) is 14.8. The number of hydrogen-bond donors (Lipinski definition) is 1. The van der Waals surface area contributed by atoms with Crippen LogP contribution in [0.3, 0.4) is 0 Å². The van der Waals surface area contributed by atoms with Gasteiger partial charge in [-0.2, -0.15) is 0 Å². The third-order valence-corrected chi connectivity index (χ3v) is 3.75.